The predicted octanol–water partition coefficient (Wildman–Crippen LogP) is 5.26. The Hall–Kier alpha value is -1.61. The molecule has 4 rings (SSSR count). The molecule has 0 N–H and O–H groups in total. The lowest BCUT2D eigenvalue weighted by Gasteiger charge is -2.46. The maximum atomic E-state index is 13.7. The van der Waals surface area contributed by atoms with E-state index in [0.29, 0.717) is 24.8 Å². The van der Waals surface area contributed by atoms with Crippen molar-refractivity contribution in [3.63, 3.8) is 0 Å². The van der Waals surface area contributed by atoms with Gasteiger partial charge in [-0.05, 0) is 36.5 Å². The largest absolute Gasteiger partial charge is 0.461 e. The van der Waals surface area contributed by atoms with Gasteiger partial charge in [-0.15, -0.1) is 0 Å². The van der Waals surface area contributed by atoms with Crippen molar-refractivity contribution >= 4 is 7.75 Å². The molecule has 1 saturated heterocycles. The minimum Gasteiger partial charge on any atom is -0.413 e. The molecule has 1 heterocycles. The Morgan fingerprint density at radius 2 is 1.68 bits per heavy atom. The van der Waals surface area contributed by atoms with E-state index in [2.05, 4.69) is 12.1 Å². The van der Waals surface area contributed by atoms with Crippen LogP contribution in [0.5, 0.6) is 5.75 Å². The molecule has 2 aliphatic rings. The Balaban J connectivity index is 1.64. The SMILES string of the molecule is O=[P@]1(Oc2ccccc2)OC[C@H]2CCCC[C@@H]2N1Cc1ccccc1. The molecular formula is C20H24NO3P. The molecular weight excluding hydrogens is 333 g/mol. The van der Waals surface area contributed by atoms with E-state index >= 15 is 0 Å². The van der Waals surface area contributed by atoms with Crippen molar-refractivity contribution in [3.8, 4) is 5.75 Å². The fourth-order valence-corrected chi connectivity index (χ4v) is 5.97. The lowest BCUT2D eigenvalue weighted by Crippen LogP contribution is -2.47. The average Bonchev–Trinajstić information content (AvgIpc) is 2.66. The van der Waals surface area contributed by atoms with Crippen molar-refractivity contribution < 1.29 is 13.6 Å². The summed E-state index contributed by atoms with van der Waals surface area (Å²) in [5.74, 6) is 1.04. The quantitative estimate of drug-likeness (QED) is 0.699. The van der Waals surface area contributed by atoms with E-state index in [1.165, 1.54) is 12.8 Å². The normalized spacial score (nSPS) is 29.8. The van der Waals surface area contributed by atoms with Gasteiger partial charge in [0.2, 0.25) is 0 Å². The van der Waals surface area contributed by atoms with Gasteiger partial charge in [0, 0.05) is 12.6 Å². The van der Waals surface area contributed by atoms with Crippen LogP contribution >= 0.6 is 7.75 Å². The lowest BCUT2D eigenvalue weighted by atomic mass is 9.85. The highest BCUT2D eigenvalue weighted by molar-refractivity contribution is 7.51. The molecule has 2 fully saturated rings. The van der Waals surface area contributed by atoms with E-state index < -0.39 is 7.75 Å². The molecule has 4 nitrogen and oxygen atoms in total. The van der Waals surface area contributed by atoms with Gasteiger partial charge in [0.1, 0.15) is 5.75 Å². The fourth-order valence-electron chi connectivity index (χ4n) is 3.89. The van der Waals surface area contributed by atoms with Crippen molar-refractivity contribution in [3.05, 3.63) is 66.2 Å². The van der Waals surface area contributed by atoms with Gasteiger partial charge >= 0.3 is 7.75 Å². The van der Waals surface area contributed by atoms with Crippen molar-refractivity contribution in [2.24, 2.45) is 5.92 Å². The molecule has 0 radical (unpaired) electrons. The van der Waals surface area contributed by atoms with Gasteiger partial charge in [0.05, 0.1) is 6.61 Å². The zero-order valence-corrected chi connectivity index (χ0v) is 15.2. The predicted molar refractivity (Wildman–Crippen MR) is 98.4 cm³/mol. The van der Waals surface area contributed by atoms with Gasteiger partial charge in [-0.3, -0.25) is 4.52 Å². The third-order valence-electron chi connectivity index (χ3n) is 5.17. The van der Waals surface area contributed by atoms with Crippen molar-refractivity contribution in [2.75, 3.05) is 6.61 Å². The first-order valence-corrected chi connectivity index (χ1v) is 10.5. The summed E-state index contributed by atoms with van der Waals surface area (Å²) in [5, 5.41) is 0. The Bertz CT molecular complexity index is 737. The van der Waals surface area contributed by atoms with Gasteiger partial charge in [-0.1, -0.05) is 61.4 Å². The molecule has 0 amide bonds. The standard InChI is InChI=1S/C20H24NO3P/c22-25(24-19-12-5-2-6-13-19)21(15-17-9-3-1-4-10-17)20-14-8-7-11-18(20)16-23-25/h1-6,9-10,12-13,18,20H,7-8,11,14-16H2/t18-,20+,25+/m1/s1. The molecule has 5 heteroatoms. The Kier molecular flexibility index (Phi) is 4.93. The van der Waals surface area contributed by atoms with Gasteiger partial charge < -0.3 is 4.52 Å². The maximum absolute atomic E-state index is 13.7. The summed E-state index contributed by atoms with van der Waals surface area (Å²) < 4.78 is 27.5. The summed E-state index contributed by atoms with van der Waals surface area (Å²) in [6.07, 6.45) is 4.61. The molecule has 2 aromatic carbocycles. The van der Waals surface area contributed by atoms with Crippen LogP contribution in [-0.4, -0.2) is 17.3 Å². The topological polar surface area (TPSA) is 38.8 Å². The van der Waals surface area contributed by atoms with E-state index in [4.69, 9.17) is 9.05 Å². The average molecular weight is 357 g/mol. The number of nitrogens with zero attached hydrogens (tertiary/aromatic N) is 1. The molecule has 0 bridgehead atoms. The molecule has 1 aliphatic carbocycles. The minimum absolute atomic E-state index is 0.261. The van der Waals surface area contributed by atoms with Crippen LogP contribution in [0.15, 0.2) is 60.7 Å². The maximum Gasteiger partial charge on any atom is 0.461 e. The van der Waals surface area contributed by atoms with Crippen LogP contribution in [0, 0.1) is 5.92 Å². The van der Waals surface area contributed by atoms with Crippen LogP contribution in [0.25, 0.3) is 0 Å². The van der Waals surface area contributed by atoms with Crippen LogP contribution in [0.1, 0.15) is 31.2 Å². The molecule has 1 aliphatic heterocycles. The summed E-state index contributed by atoms with van der Waals surface area (Å²) >= 11 is 0. The van der Waals surface area contributed by atoms with Crippen molar-refractivity contribution in [1.29, 1.82) is 0 Å². The third-order valence-corrected chi connectivity index (χ3v) is 7.15. The third kappa shape index (κ3) is 3.67. The zero-order chi connectivity index (χ0) is 17.1. The summed E-state index contributed by atoms with van der Waals surface area (Å²) in [7, 11) is -3.37. The van der Waals surface area contributed by atoms with Gasteiger partial charge in [0.25, 0.3) is 0 Å². The van der Waals surface area contributed by atoms with E-state index in [9.17, 15) is 4.57 Å². The van der Waals surface area contributed by atoms with Crippen molar-refractivity contribution in [1.82, 2.24) is 4.67 Å². The monoisotopic (exact) mass is 357 g/mol. The number of fused-ring (bicyclic) bond motifs is 1. The highest BCUT2D eigenvalue weighted by atomic mass is 31.2. The van der Waals surface area contributed by atoms with E-state index in [1.807, 2.05) is 53.2 Å². The highest BCUT2D eigenvalue weighted by Gasteiger charge is 2.48. The molecule has 0 spiro atoms. The highest BCUT2D eigenvalue weighted by Crippen LogP contribution is 2.59. The smallest absolute Gasteiger partial charge is 0.413 e. The first-order chi connectivity index (χ1) is 12.2. The second kappa shape index (κ2) is 7.33. The number of hydrogen-bond acceptors (Lipinski definition) is 3. The Labute approximate surface area is 149 Å². The lowest BCUT2D eigenvalue weighted by molar-refractivity contribution is 0.0429. The number of benzene rings is 2. The molecule has 1 saturated carbocycles. The molecule has 0 unspecified atom stereocenters. The minimum atomic E-state index is -3.37. The molecule has 2 aromatic rings. The Morgan fingerprint density at radius 1 is 1.00 bits per heavy atom. The molecule has 0 aromatic heterocycles. The molecule has 25 heavy (non-hydrogen) atoms. The van der Waals surface area contributed by atoms with Gasteiger partial charge in [-0.2, -0.15) is 4.67 Å². The van der Waals surface area contributed by atoms with Crippen LogP contribution in [0.4, 0.5) is 0 Å². The summed E-state index contributed by atoms with van der Waals surface area (Å²) in [4.78, 5) is 0. The fraction of sp³-hybridized carbons (Fsp3) is 0.400. The Morgan fingerprint density at radius 3 is 2.44 bits per heavy atom. The first-order valence-electron chi connectivity index (χ1n) is 9.05. The first kappa shape index (κ1) is 16.8. The van der Waals surface area contributed by atoms with E-state index in [1.54, 1.807) is 0 Å². The van der Waals surface area contributed by atoms with Gasteiger partial charge in [0.15, 0.2) is 0 Å². The molecule has 3 atom stereocenters. The zero-order valence-electron chi connectivity index (χ0n) is 14.3. The van der Waals surface area contributed by atoms with Gasteiger partial charge in [-0.25, -0.2) is 4.57 Å². The van der Waals surface area contributed by atoms with Crippen LogP contribution in [-0.2, 0) is 15.6 Å². The van der Waals surface area contributed by atoms with E-state index in [-0.39, 0.29) is 6.04 Å². The molecule has 132 valence electrons. The van der Waals surface area contributed by atoms with Crippen LogP contribution in [0.2, 0.25) is 0 Å². The summed E-state index contributed by atoms with van der Waals surface area (Å²) in [5.41, 5.74) is 1.13. The van der Waals surface area contributed by atoms with Crippen LogP contribution in [0.3, 0.4) is 0 Å². The summed E-state index contributed by atoms with van der Waals surface area (Å²) in [6, 6.07) is 19.8. The van der Waals surface area contributed by atoms with Crippen molar-refractivity contribution in [2.45, 2.75) is 38.3 Å². The second-order valence-corrected chi connectivity index (χ2v) is 8.76. The van der Waals surface area contributed by atoms with E-state index in [0.717, 1.165) is 18.4 Å². The number of hydrogen-bond donors (Lipinski definition) is 0. The summed E-state index contributed by atoms with van der Waals surface area (Å²) in [6.45, 7) is 1.12. The van der Waals surface area contributed by atoms with Crippen LogP contribution < -0.4 is 4.52 Å². The second-order valence-electron chi connectivity index (χ2n) is 6.86. The number of rotatable bonds is 4. The number of para-hydroxylation sites is 1.